The minimum absolute atomic E-state index is 0.0251. The number of ether oxygens (including phenoxy) is 1. The first-order chi connectivity index (χ1) is 7.34. The van der Waals surface area contributed by atoms with Crippen molar-refractivity contribution in [1.82, 2.24) is 5.32 Å². The highest BCUT2D eigenvalue weighted by molar-refractivity contribution is 5.72. The van der Waals surface area contributed by atoms with Gasteiger partial charge < -0.3 is 15.2 Å². The molecule has 0 rings (SSSR count). The number of carbonyl (C=O) groups is 2. The van der Waals surface area contributed by atoms with Gasteiger partial charge in [-0.3, -0.25) is 4.79 Å². The average Bonchev–Trinajstić information content (AvgIpc) is 2.13. The second-order valence-corrected chi connectivity index (χ2v) is 4.56. The predicted octanol–water partition coefficient (Wildman–Crippen LogP) is 1.73. The number of carbonyl (C=O) groups excluding carboxylic acids is 1. The lowest BCUT2D eigenvalue weighted by atomic mass is 9.96. The summed E-state index contributed by atoms with van der Waals surface area (Å²) in [6.45, 7) is 7.91. The molecule has 0 saturated heterocycles. The maximum absolute atomic E-state index is 11.2. The molecule has 0 radical (unpaired) electrons. The lowest BCUT2D eigenvalue weighted by molar-refractivity contribution is -0.142. The Hall–Kier alpha value is -1.26. The van der Waals surface area contributed by atoms with Gasteiger partial charge in [0.2, 0.25) is 0 Å². The normalized spacial score (nSPS) is 12.6. The average molecular weight is 231 g/mol. The fourth-order valence-electron chi connectivity index (χ4n) is 1.09. The van der Waals surface area contributed by atoms with E-state index in [4.69, 9.17) is 9.84 Å². The summed E-state index contributed by atoms with van der Waals surface area (Å²) in [6.07, 6.45) is -0.555. The standard InChI is InChI=1S/C11H21NO4/c1-7(2)6-16-11(15)12-5-9(8(3)4)10(13)14/h7-9H,5-6H2,1-4H3,(H,12,15)(H,13,14). The summed E-state index contributed by atoms with van der Waals surface area (Å²) in [5.74, 6) is -1.24. The monoisotopic (exact) mass is 231 g/mol. The van der Waals surface area contributed by atoms with Crippen molar-refractivity contribution in [2.75, 3.05) is 13.2 Å². The fourth-order valence-corrected chi connectivity index (χ4v) is 1.09. The molecule has 0 aromatic heterocycles. The second kappa shape index (κ2) is 7.09. The number of carboxylic acids is 1. The first kappa shape index (κ1) is 14.7. The van der Waals surface area contributed by atoms with E-state index < -0.39 is 18.0 Å². The zero-order valence-corrected chi connectivity index (χ0v) is 10.3. The number of rotatable bonds is 6. The Balaban J connectivity index is 3.93. The van der Waals surface area contributed by atoms with E-state index in [1.807, 2.05) is 13.8 Å². The Morgan fingerprint density at radius 2 is 1.81 bits per heavy atom. The molecule has 94 valence electrons. The van der Waals surface area contributed by atoms with Crippen LogP contribution >= 0.6 is 0 Å². The van der Waals surface area contributed by atoms with E-state index in [0.717, 1.165) is 0 Å². The highest BCUT2D eigenvalue weighted by atomic mass is 16.5. The molecular formula is C11H21NO4. The van der Waals surface area contributed by atoms with Gasteiger partial charge in [0.1, 0.15) is 0 Å². The Morgan fingerprint density at radius 3 is 2.19 bits per heavy atom. The molecule has 0 aliphatic heterocycles. The van der Waals surface area contributed by atoms with Gasteiger partial charge in [-0.15, -0.1) is 0 Å². The maximum Gasteiger partial charge on any atom is 0.407 e. The van der Waals surface area contributed by atoms with Crippen LogP contribution in [0, 0.1) is 17.8 Å². The molecule has 0 aromatic rings. The number of hydrogen-bond donors (Lipinski definition) is 2. The topological polar surface area (TPSA) is 75.6 Å². The molecule has 2 N–H and O–H groups in total. The van der Waals surface area contributed by atoms with Crippen molar-refractivity contribution < 1.29 is 19.4 Å². The lowest BCUT2D eigenvalue weighted by Gasteiger charge is -2.16. The van der Waals surface area contributed by atoms with E-state index >= 15 is 0 Å². The third kappa shape index (κ3) is 6.27. The van der Waals surface area contributed by atoms with Crippen LogP contribution in [0.1, 0.15) is 27.7 Å². The van der Waals surface area contributed by atoms with Crippen molar-refractivity contribution in [3.8, 4) is 0 Å². The molecule has 5 heteroatoms. The lowest BCUT2D eigenvalue weighted by Crippen LogP contribution is -2.36. The smallest absolute Gasteiger partial charge is 0.407 e. The molecule has 0 bridgehead atoms. The van der Waals surface area contributed by atoms with E-state index in [-0.39, 0.29) is 18.4 Å². The van der Waals surface area contributed by atoms with E-state index in [2.05, 4.69) is 5.32 Å². The SMILES string of the molecule is CC(C)COC(=O)NCC(C(=O)O)C(C)C. The largest absolute Gasteiger partial charge is 0.481 e. The first-order valence-electron chi connectivity index (χ1n) is 5.48. The molecule has 0 aliphatic carbocycles. The molecule has 1 atom stereocenters. The molecule has 0 spiro atoms. The van der Waals surface area contributed by atoms with Crippen LogP contribution < -0.4 is 5.32 Å². The number of carboxylic acid groups (broad SMARTS) is 1. The van der Waals surface area contributed by atoms with Crippen molar-refractivity contribution in [3.05, 3.63) is 0 Å². The van der Waals surface area contributed by atoms with Gasteiger partial charge in [-0.1, -0.05) is 27.7 Å². The van der Waals surface area contributed by atoms with Gasteiger partial charge in [-0.2, -0.15) is 0 Å². The highest BCUT2D eigenvalue weighted by Crippen LogP contribution is 2.09. The number of alkyl carbamates (subject to hydrolysis) is 1. The summed E-state index contributed by atoms with van der Waals surface area (Å²) >= 11 is 0. The summed E-state index contributed by atoms with van der Waals surface area (Å²) in [6, 6.07) is 0. The van der Waals surface area contributed by atoms with Gasteiger partial charge in [0.15, 0.2) is 0 Å². The van der Waals surface area contributed by atoms with Crippen molar-refractivity contribution in [2.45, 2.75) is 27.7 Å². The molecule has 1 amide bonds. The van der Waals surface area contributed by atoms with Gasteiger partial charge in [0.05, 0.1) is 12.5 Å². The van der Waals surface area contributed by atoms with Crippen LogP contribution in [0.5, 0.6) is 0 Å². The van der Waals surface area contributed by atoms with Crippen LogP contribution in [-0.4, -0.2) is 30.3 Å². The molecular weight excluding hydrogens is 210 g/mol. The summed E-state index contributed by atoms with van der Waals surface area (Å²) in [7, 11) is 0. The summed E-state index contributed by atoms with van der Waals surface area (Å²) in [5.41, 5.74) is 0. The second-order valence-electron chi connectivity index (χ2n) is 4.56. The molecule has 0 aliphatic rings. The Morgan fingerprint density at radius 1 is 1.25 bits per heavy atom. The van der Waals surface area contributed by atoms with E-state index in [1.165, 1.54) is 0 Å². The summed E-state index contributed by atoms with van der Waals surface area (Å²) in [4.78, 5) is 22.0. The molecule has 16 heavy (non-hydrogen) atoms. The van der Waals surface area contributed by atoms with E-state index in [1.54, 1.807) is 13.8 Å². The molecule has 0 saturated carbocycles. The quantitative estimate of drug-likeness (QED) is 0.730. The maximum atomic E-state index is 11.2. The van der Waals surface area contributed by atoms with Crippen molar-refractivity contribution in [3.63, 3.8) is 0 Å². The predicted molar refractivity (Wildman–Crippen MR) is 60.2 cm³/mol. The van der Waals surface area contributed by atoms with Crippen LogP contribution in [-0.2, 0) is 9.53 Å². The highest BCUT2D eigenvalue weighted by Gasteiger charge is 2.22. The van der Waals surface area contributed by atoms with Gasteiger partial charge in [-0.25, -0.2) is 4.79 Å². The van der Waals surface area contributed by atoms with Crippen LogP contribution in [0.3, 0.4) is 0 Å². The summed E-state index contributed by atoms with van der Waals surface area (Å²) < 4.78 is 4.87. The Kier molecular flexibility index (Phi) is 6.53. The van der Waals surface area contributed by atoms with Crippen molar-refractivity contribution >= 4 is 12.1 Å². The van der Waals surface area contributed by atoms with Gasteiger partial charge in [0, 0.05) is 6.54 Å². The zero-order chi connectivity index (χ0) is 12.7. The Labute approximate surface area is 96.2 Å². The van der Waals surface area contributed by atoms with Gasteiger partial charge in [0.25, 0.3) is 0 Å². The van der Waals surface area contributed by atoms with Crippen LogP contribution in [0.4, 0.5) is 4.79 Å². The third-order valence-electron chi connectivity index (χ3n) is 2.14. The molecule has 0 aromatic carbocycles. The van der Waals surface area contributed by atoms with Gasteiger partial charge in [-0.05, 0) is 11.8 Å². The third-order valence-corrected chi connectivity index (χ3v) is 2.14. The molecule has 5 nitrogen and oxygen atoms in total. The minimum atomic E-state index is -0.904. The summed E-state index contributed by atoms with van der Waals surface area (Å²) in [5, 5.41) is 11.3. The fraction of sp³-hybridized carbons (Fsp3) is 0.818. The number of amides is 1. The molecule has 0 fully saturated rings. The number of aliphatic carboxylic acids is 1. The van der Waals surface area contributed by atoms with Crippen LogP contribution in [0.2, 0.25) is 0 Å². The van der Waals surface area contributed by atoms with Gasteiger partial charge >= 0.3 is 12.1 Å². The Bertz CT molecular complexity index is 238. The van der Waals surface area contributed by atoms with Crippen molar-refractivity contribution in [1.29, 1.82) is 0 Å². The van der Waals surface area contributed by atoms with Crippen LogP contribution in [0.15, 0.2) is 0 Å². The number of hydrogen-bond acceptors (Lipinski definition) is 3. The van der Waals surface area contributed by atoms with E-state index in [0.29, 0.717) is 6.61 Å². The first-order valence-corrected chi connectivity index (χ1v) is 5.48. The van der Waals surface area contributed by atoms with E-state index in [9.17, 15) is 9.59 Å². The minimum Gasteiger partial charge on any atom is -0.481 e. The van der Waals surface area contributed by atoms with Crippen LogP contribution in [0.25, 0.3) is 0 Å². The number of nitrogens with one attached hydrogen (secondary N) is 1. The molecule has 1 unspecified atom stereocenters. The van der Waals surface area contributed by atoms with Crippen molar-refractivity contribution in [2.24, 2.45) is 17.8 Å². The zero-order valence-electron chi connectivity index (χ0n) is 10.3. The molecule has 0 heterocycles.